The summed E-state index contributed by atoms with van der Waals surface area (Å²) in [5.74, 6) is 1.92. The van der Waals surface area contributed by atoms with Crippen LogP contribution in [0.15, 0.2) is 30.7 Å². The molecule has 158 valence electrons. The zero-order valence-corrected chi connectivity index (χ0v) is 17.0. The molecule has 0 radical (unpaired) electrons. The number of anilines is 1. The molecule has 1 amide bonds. The Hall–Kier alpha value is -3.40. The second-order valence-electron chi connectivity index (χ2n) is 6.80. The minimum absolute atomic E-state index is 0.0658. The van der Waals surface area contributed by atoms with E-state index in [1.54, 1.807) is 25.1 Å². The van der Waals surface area contributed by atoms with Crippen LogP contribution in [0.3, 0.4) is 0 Å². The van der Waals surface area contributed by atoms with E-state index in [1.165, 1.54) is 6.33 Å². The molecule has 0 atom stereocenters. The fraction of sp³-hybridized carbons (Fsp3) is 0.400. The summed E-state index contributed by atoms with van der Waals surface area (Å²) in [6.07, 6.45) is 3.22. The lowest BCUT2D eigenvalue weighted by Crippen LogP contribution is -2.36. The van der Waals surface area contributed by atoms with Crippen LogP contribution < -0.4 is 19.7 Å². The van der Waals surface area contributed by atoms with Gasteiger partial charge < -0.3 is 24.4 Å². The number of aromatic nitrogens is 4. The van der Waals surface area contributed by atoms with E-state index in [9.17, 15) is 4.79 Å². The Balaban J connectivity index is 1.43. The van der Waals surface area contributed by atoms with Crippen molar-refractivity contribution in [1.82, 2.24) is 25.1 Å². The molecular formula is C20H24N6O4. The van der Waals surface area contributed by atoms with Crippen LogP contribution >= 0.6 is 0 Å². The van der Waals surface area contributed by atoms with Crippen molar-refractivity contribution in [3.8, 4) is 11.5 Å². The van der Waals surface area contributed by atoms with Gasteiger partial charge in [-0.05, 0) is 17.7 Å². The van der Waals surface area contributed by atoms with Crippen molar-refractivity contribution in [2.75, 3.05) is 45.4 Å². The van der Waals surface area contributed by atoms with E-state index in [-0.39, 0.29) is 12.5 Å². The van der Waals surface area contributed by atoms with Gasteiger partial charge in [-0.1, -0.05) is 6.07 Å². The summed E-state index contributed by atoms with van der Waals surface area (Å²) in [5.41, 5.74) is 1.54. The molecule has 0 spiro atoms. The van der Waals surface area contributed by atoms with Gasteiger partial charge in [0.15, 0.2) is 17.1 Å². The third-order valence-corrected chi connectivity index (χ3v) is 4.95. The number of amides is 1. The van der Waals surface area contributed by atoms with Gasteiger partial charge >= 0.3 is 0 Å². The SMILES string of the molecule is COc1ccc(CNC(=O)Cn2ncc3c(N4CCOCC4)ncnc32)cc1OC. The number of nitrogens with zero attached hydrogens (tertiary/aromatic N) is 5. The molecule has 1 N–H and O–H groups in total. The number of fused-ring (bicyclic) bond motifs is 1. The number of morpholine rings is 1. The third-order valence-electron chi connectivity index (χ3n) is 4.95. The summed E-state index contributed by atoms with van der Waals surface area (Å²) in [6, 6.07) is 5.53. The van der Waals surface area contributed by atoms with Gasteiger partial charge in [0.1, 0.15) is 18.7 Å². The molecule has 30 heavy (non-hydrogen) atoms. The minimum atomic E-state index is -0.165. The molecule has 1 saturated heterocycles. The maximum atomic E-state index is 12.5. The predicted molar refractivity (Wildman–Crippen MR) is 110 cm³/mol. The first-order valence-corrected chi connectivity index (χ1v) is 9.66. The van der Waals surface area contributed by atoms with Crippen LogP contribution in [-0.2, 0) is 22.6 Å². The first-order valence-electron chi connectivity index (χ1n) is 9.66. The molecule has 10 heteroatoms. The largest absolute Gasteiger partial charge is 0.493 e. The van der Waals surface area contributed by atoms with Crippen molar-refractivity contribution in [3.63, 3.8) is 0 Å². The lowest BCUT2D eigenvalue weighted by molar-refractivity contribution is -0.121. The van der Waals surface area contributed by atoms with Crippen molar-refractivity contribution in [2.24, 2.45) is 0 Å². The third kappa shape index (κ3) is 4.13. The molecule has 3 aromatic rings. The number of hydrogen-bond donors (Lipinski definition) is 1. The van der Waals surface area contributed by atoms with Crippen LogP contribution in [0.5, 0.6) is 11.5 Å². The van der Waals surface area contributed by atoms with Crippen LogP contribution in [0.1, 0.15) is 5.56 Å². The second kappa shape index (κ2) is 8.95. The number of carbonyl (C=O) groups is 1. The number of carbonyl (C=O) groups excluding carboxylic acids is 1. The summed E-state index contributed by atoms with van der Waals surface area (Å²) >= 11 is 0. The summed E-state index contributed by atoms with van der Waals surface area (Å²) in [6.45, 7) is 3.30. The van der Waals surface area contributed by atoms with Gasteiger partial charge in [0, 0.05) is 19.6 Å². The van der Waals surface area contributed by atoms with Crippen molar-refractivity contribution in [2.45, 2.75) is 13.1 Å². The van der Waals surface area contributed by atoms with Crippen LogP contribution in [0.4, 0.5) is 5.82 Å². The highest BCUT2D eigenvalue weighted by molar-refractivity contribution is 5.87. The Kier molecular flexibility index (Phi) is 5.94. The number of methoxy groups -OCH3 is 2. The van der Waals surface area contributed by atoms with Crippen LogP contribution in [0, 0.1) is 0 Å². The molecule has 0 saturated carbocycles. The molecule has 1 aromatic carbocycles. The van der Waals surface area contributed by atoms with E-state index in [4.69, 9.17) is 14.2 Å². The first-order chi connectivity index (χ1) is 14.7. The molecule has 1 aliphatic rings. The summed E-state index contributed by atoms with van der Waals surface area (Å²) in [7, 11) is 3.16. The normalized spacial score (nSPS) is 14.0. The lowest BCUT2D eigenvalue weighted by atomic mass is 10.2. The number of nitrogens with one attached hydrogen (secondary N) is 1. The average Bonchev–Trinajstić information content (AvgIpc) is 3.20. The van der Waals surface area contributed by atoms with E-state index in [2.05, 4.69) is 25.3 Å². The average molecular weight is 412 g/mol. The highest BCUT2D eigenvalue weighted by Crippen LogP contribution is 2.27. The van der Waals surface area contributed by atoms with Gasteiger partial charge in [-0.2, -0.15) is 5.10 Å². The van der Waals surface area contributed by atoms with Gasteiger partial charge in [-0.3, -0.25) is 4.79 Å². The number of benzene rings is 1. The monoisotopic (exact) mass is 412 g/mol. The first kappa shape index (κ1) is 19.9. The smallest absolute Gasteiger partial charge is 0.242 e. The van der Waals surface area contributed by atoms with E-state index >= 15 is 0 Å². The number of hydrogen-bond acceptors (Lipinski definition) is 8. The summed E-state index contributed by atoms with van der Waals surface area (Å²) in [5, 5.41) is 8.08. The highest BCUT2D eigenvalue weighted by atomic mass is 16.5. The molecule has 2 aromatic heterocycles. The van der Waals surface area contributed by atoms with Crippen LogP contribution in [0.2, 0.25) is 0 Å². The fourth-order valence-electron chi connectivity index (χ4n) is 3.41. The van der Waals surface area contributed by atoms with Crippen molar-refractivity contribution in [1.29, 1.82) is 0 Å². The van der Waals surface area contributed by atoms with Crippen molar-refractivity contribution >= 4 is 22.8 Å². The van der Waals surface area contributed by atoms with Gasteiger partial charge in [-0.25, -0.2) is 14.6 Å². The molecule has 1 fully saturated rings. The minimum Gasteiger partial charge on any atom is -0.493 e. The van der Waals surface area contributed by atoms with Gasteiger partial charge in [0.25, 0.3) is 0 Å². The molecule has 3 heterocycles. The quantitative estimate of drug-likeness (QED) is 0.613. The molecule has 1 aliphatic heterocycles. The fourth-order valence-corrected chi connectivity index (χ4v) is 3.41. The molecule has 4 rings (SSSR count). The Morgan fingerprint density at radius 3 is 2.73 bits per heavy atom. The zero-order chi connectivity index (χ0) is 20.9. The number of rotatable bonds is 7. The van der Waals surface area contributed by atoms with Crippen LogP contribution in [0.25, 0.3) is 11.0 Å². The second-order valence-corrected chi connectivity index (χ2v) is 6.80. The maximum absolute atomic E-state index is 12.5. The van der Waals surface area contributed by atoms with E-state index < -0.39 is 0 Å². The van der Waals surface area contributed by atoms with E-state index in [1.807, 2.05) is 18.2 Å². The van der Waals surface area contributed by atoms with Crippen molar-refractivity contribution < 1.29 is 19.0 Å². The summed E-state index contributed by atoms with van der Waals surface area (Å²) in [4.78, 5) is 23.4. The van der Waals surface area contributed by atoms with E-state index in [0.29, 0.717) is 36.9 Å². The molecule has 0 aliphatic carbocycles. The zero-order valence-electron chi connectivity index (χ0n) is 17.0. The highest BCUT2D eigenvalue weighted by Gasteiger charge is 2.18. The van der Waals surface area contributed by atoms with Crippen LogP contribution in [-0.4, -0.2) is 66.2 Å². The standard InChI is InChI=1S/C20H24N6O4/c1-28-16-4-3-14(9-17(16)29-2)10-21-18(27)12-26-20-15(11-24-26)19(22-13-23-20)25-5-7-30-8-6-25/h3-4,9,11,13H,5-8,10,12H2,1-2H3,(H,21,27). The molecular weight excluding hydrogens is 388 g/mol. The van der Waals surface area contributed by atoms with E-state index in [0.717, 1.165) is 29.9 Å². The Labute approximate surface area is 173 Å². The van der Waals surface area contributed by atoms with Gasteiger partial charge in [0.05, 0.1) is 39.0 Å². The Morgan fingerprint density at radius 1 is 1.17 bits per heavy atom. The molecule has 0 unspecified atom stereocenters. The Bertz CT molecular complexity index is 1030. The number of ether oxygens (including phenoxy) is 3. The predicted octanol–water partition coefficient (Wildman–Crippen LogP) is 0.996. The molecule has 0 bridgehead atoms. The van der Waals surface area contributed by atoms with Gasteiger partial charge in [0.2, 0.25) is 5.91 Å². The summed E-state index contributed by atoms with van der Waals surface area (Å²) < 4.78 is 17.5. The Morgan fingerprint density at radius 2 is 1.97 bits per heavy atom. The van der Waals surface area contributed by atoms with Crippen molar-refractivity contribution in [3.05, 3.63) is 36.3 Å². The lowest BCUT2D eigenvalue weighted by Gasteiger charge is -2.27. The topological polar surface area (TPSA) is 104 Å². The van der Waals surface area contributed by atoms with Gasteiger partial charge in [-0.15, -0.1) is 0 Å². The molecule has 10 nitrogen and oxygen atoms in total. The maximum Gasteiger partial charge on any atom is 0.242 e.